The molecule has 0 aliphatic heterocycles. The van der Waals surface area contributed by atoms with E-state index >= 15 is 0 Å². The maximum atomic E-state index is 11.2. The molecule has 25 heavy (non-hydrogen) atoms. The largest absolute Gasteiger partial charge is 1.00 e. The quantitative estimate of drug-likeness (QED) is 0.397. The molecule has 0 fully saturated rings. The zero-order chi connectivity index (χ0) is 18.4. The number of rotatable bonds is 10. The van der Waals surface area contributed by atoms with E-state index in [4.69, 9.17) is 18.6 Å². The van der Waals surface area contributed by atoms with E-state index in [-0.39, 0.29) is 55.3 Å². The molecule has 0 heterocycles. The van der Waals surface area contributed by atoms with Crippen LogP contribution < -0.4 is 39.0 Å². The van der Waals surface area contributed by atoms with Crippen LogP contribution in [0.4, 0.5) is 0 Å². The van der Waals surface area contributed by atoms with Gasteiger partial charge >= 0.3 is 49.8 Å². The van der Waals surface area contributed by atoms with Gasteiger partial charge in [-0.15, -0.1) is 0 Å². The molecule has 140 valence electrons. The first kappa shape index (κ1) is 24.6. The molecule has 1 aromatic rings. The van der Waals surface area contributed by atoms with Gasteiger partial charge in [0, 0.05) is 12.8 Å². The van der Waals surface area contributed by atoms with Crippen molar-refractivity contribution < 1.29 is 66.4 Å². The van der Waals surface area contributed by atoms with Gasteiger partial charge in [0.1, 0.15) is 11.5 Å². The molecule has 0 radical (unpaired) electrons. The van der Waals surface area contributed by atoms with Gasteiger partial charge in [0.05, 0.1) is 0 Å². The Balaban J connectivity index is 0. The Labute approximate surface area is 172 Å². The van der Waals surface area contributed by atoms with Crippen LogP contribution in [0.3, 0.4) is 0 Å². The summed E-state index contributed by atoms with van der Waals surface area (Å²) in [6.45, 7) is 3.50. The number of ether oxygens (including phenoxy) is 2. The summed E-state index contributed by atoms with van der Waals surface area (Å²) in [5, 5.41) is 0. The third-order valence-electron chi connectivity index (χ3n) is 3.07. The van der Waals surface area contributed by atoms with Crippen molar-refractivity contribution in [3.63, 3.8) is 0 Å². The first-order chi connectivity index (χ1) is 11.1. The van der Waals surface area contributed by atoms with Crippen molar-refractivity contribution >= 4 is 20.2 Å². The van der Waals surface area contributed by atoms with Crippen LogP contribution in [0.2, 0.25) is 0 Å². The molecular formula is C14H23NaO8S2. The predicted octanol–water partition coefficient (Wildman–Crippen LogP) is -0.411. The number of benzene rings is 1. The maximum absolute atomic E-state index is 11.2. The van der Waals surface area contributed by atoms with Crippen molar-refractivity contribution in [2.45, 2.75) is 50.4 Å². The fourth-order valence-electron chi connectivity index (χ4n) is 1.91. The summed E-state index contributed by atoms with van der Waals surface area (Å²) in [6, 6.07) is 5.54. The van der Waals surface area contributed by atoms with Crippen molar-refractivity contribution in [2.75, 3.05) is 0 Å². The molecular weight excluding hydrogens is 383 g/mol. The van der Waals surface area contributed by atoms with E-state index in [2.05, 4.69) is 0 Å². The molecule has 0 aliphatic carbocycles. The first-order valence-corrected chi connectivity index (χ1v) is 10.4. The third-order valence-corrected chi connectivity index (χ3v) is 5.06. The Morgan fingerprint density at radius 1 is 0.840 bits per heavy atom. The Kier molecular flexibility index (Phi) is 10.6. The molecule has 8 nitrogen and oxygen atoms in total. The molecule has 1 aromatic carbocycles. The Morgan fingerprint density at radius 2 is 1.12 bits per heavy atom. The smallest absolute Gasteiger partial charge is 1.00 e. The van der Waals surface area contributed by atoms with Gasteiger partial charge in [-0.05, 0) is 24.3 Å². The SMILES string of the molecule is CCCC(Oc1ccc(OC(CCC)S(=O)(=O)O)cc1)S(=O)(=O)O.[H-].[Na+]. The van der Waals surface area contributed by atoms with E-state index in [1.54, 1.807) is 13.8 Å². The summed E-state index contributed by atoms with van der Waals surface area (Å²) in [5.41, 5.74) is -2.75. The Morgan fingerprint density at radius 3 is 1.32 bits per heavy atom. The van der Waals surface area contributed by atoms with Crippen molar-refractivity contribution in [1.29, 1.82) is 0 Å². The van der Waals surface area contributed by atoms with Gasteiger partial charge in [0.15, 0.2) is 0 Å². The number of hydrogen-bond donors (Lipinski definition) is 2. The zero-order valence-electron chi connectivity index (χ0n) is 15.5. The topological polar surface area (TPSA) is 127 Å². The molecule has 2 unspecified atom stereocenters. The van der Waals surface area contributed by atoms with E-state index in [9.17, 15) is 16.8 Å². The van der Waals surface area contributed by atoms with Crippen molar-refractivity contribution in [1.82, 2.24) is 0 Å². The van der Waals surface area contributed by atoms with E-state index in [1.807, 2.05) is 0 Å². The molecule has 0 saturated heterocycles. The van der Waals surface area contributed by atoms with Crippen LogP contribution in [0.5, 0.6) is 11.5 Å². The monoisotopic (exact) mass is 406 g/mol. The van der Waals surface area contributed by atoms with Crippen molar-refractivity contribution in [3.05, 3.63) is 24.3 Å². The summed E-state index contributed by atoms with van der Waals surface area (Å²) >= 11 is 0. The van der Waals surface area contributed by atoms with E-state index in [1.165, 1.54) is 24.3 Å². The van der Waals surface area contributed by atoms with Crippen LogP contribution in [0, 0.1) is 0 Å². The molecule has 1 rings (SSSR count). The summed E-state index contributed by atoms with van der Waals surface area (Å²) in [4.78, 5) is 0. The Hall–Kier alpha value is -0.360. The maximum Gasteiger partial charge on any atom is 1.00 e. The molecule has 0 aliphatic rings. The fourth-order valence-corrected chi connectivity index (χ4v) is 3.44. The van der Waals surface area contributed by atoms with Gasteiger partial charge in [0.25, 0.3) is 0 Å². The van der Waals surface area contributed by atoms with Gasteiger partial charge in [0.2, 0.25) is 10.9 Å². The average molecular weight is 406 g/mol. The molecule has 2 N–H and O–H groups in total. The minimum absolute atomic E-state index is 0. The van der Waals surface area contributed by atoms with Gasteiger partial charge in [-0.1, -0.05) is 26.7 Å². The van der Waals surface area contributed by atoms with E-state index in [0.717, 1.165) is 0 Å². The second-order valence-corrected chi connectivity index (χ2v) is 8.28. The summed E-state index contributed by atoms with van der Waals surface area (Å²) < 4.78 is 73.6. The van der Waals surface area contributed by atoms with E-state index in [0.29, 0.717) is 12.8 Å². The molecule has 0 bridgehead atoms. The second-order valence-electron chi connectivity index (χ2n) is 5.17. The van der Waals surface area contributed by atoms with Gasteiger partial charge in [-0.25, -0.2) is 0 Å². The van der Waals surface area contributed by atoms with Gasteiger partial charge in [-0.3, -0.25) is 9.11 Å². The summed E-state index contributed by atoms with van der Waals surface area (Å²) in [6.07, 6.45) is 1.24. The molecule has 2 atom stereocenters. The minimum atomic E-state index is -4.35. The van der Waals surface area contributed by atoms with Crippen LogP contribution >= 0.6 is 0 Å². The molecule has 11 heteroatoms. The first-order valence-electron chi connectivity index (χ1n) is 7.43. The Bertz CT molecular complexity index is 659. The predicted molar refractivity (Wildman–Crippen MR) is 89.3 cm³/mol. The summed E-state index contributed by atoms with van der Waals surface area (Å²) in [5.74, 6) is 0.356. The van der Waals surface area contributed by atoms with Crippen LogP contribution in [0.25, 0.3) is 0 Å². The van der Waals surface area contributed by atoms with Crippen molar-refractivity contribution in [3.8, 4) is 11.5 Å². The van der Waals surface area contributed by atoms with Crippen LogP contribution in [0.15, 0.2) is 24.3 Å². The number of hydrogen-bond acceptors (Lipinski definition) is 6. The second kappa shape index (κ2) is 10.7. The van der Waals surface area contributed by atoms with Gasteiger partial charge in [-0.2, -0.15) is 16.8 Å². The normalized spacial score (nSPS) is 14.2. The molecule has 0 spiro atoms. The van der Waals surface area contributed by atoms with Crippen LogP contribution in [-0.2, 0) is 20.2 Å². The minimum Gasteiger partial charge on any atom is -1.00 e. The summed E-state index contributed by atoms with van der Waals surface area (Å²) in [7, 11) is -8.69. The van der Waals surface area contributed by atoms with Gasteiger partial charge < -0.3 is 10.9 Å². The molecule has 0 saturated carbocycles. The molecule has 0 aromatic heterocycles. The standard InChI is InChI=1S/C14H22O8S2.Na.H/c1-3-5-13(23(15,16)17)21-11-7-9-12(10-8-11)22-14(6-4-2)24(18,19)20;;/h7-10,13-14H,3-6H2,1-2H3,(H,15,16,17)(H,18,19,20);;/q;+1;-1. The van der Waals surface area contributed by atoms with Crippen LogP contribution in [-0.4, -0.2) is 36.8 Å². The zero-order valence-corrected chi connectivity index (χ0v) is 18.1. The average Bonchev–Trinajstić information content (AvgIpc) is 2.46. The van der Waals surface area contributed by atoms with Crippen molar-refractivity contribution in [2.24, 2.45) is 0 Å². The van der Waals surface area contributed by atoms with Crippen LogP contribution in [0.1, 0.15) is 41.0 Å². The third kappa shape index (κ3) is 8.72. The fraction of sp³-hybridized carbons (Fsp3) is 0.571. The van der Waals surface area contributed by atoms with E-state index < -0.39 is 31.1 Å². The molecule has 0 amide bonds.